The standard InChI is InChI=1S/C17H21NO3/c1-21-17(20)13-7-9-18(10-8-13)16(19)15-11-14(15)12-5-3-2-4-6-12/h2-6,13-15H,7-11H2,1H3. The van der Waals surface area contributed by atoms with E-state index in [4.69, 9.17) is 4.74 Å². The number of hydrogen-bond donors (Lipinski definition) is 0. The molecule has 4 nitrogen and oxygen atoms in total. The summed E-state index contributed by atoms with van der Waals surface area (Å²) >= 11 is 0. The van der Waals surface area contributed by atoms with Crippen LogP contribution in [0.5, 0.6) is 0 Å². The van der Waals surface area contributed by atoms with Crippen molar-refractivity contribution in [1.82, 2.24) is 4.90 Å². The molecule has 2 unspecified atom stereocenters. The number of carbonyl (C=O) groups excluding carboxylic acids is 2. The number of piperidine rings is 1. The summed E-state index contributed by atoms with van der Waals surface area (Å²) in [6.07, 6.45) is 2.40. The molecule has 1 aliphatic carbocycles. The lowest BCUT2D eigenvalue weighted by atomic mass is 9.96. The fourth-order valence-electron chi connectivity index (χ4n) is 3.27. The number of ether oxygens (including phenoxy) is 1. The van der Waals surface area contributed by atoms with Crippen LogP contribution in [-0.2, 0) is 14.3 Å². The maximum Gasteiger partial charge on any atom is 0.308 e. The van der Waals surface area contributed by atoms with E-state index in [2.05, 4.69) is 12.1 Å². The van der Waals surface area contributed by atoms with Gasteiger partial charge in [-0.15, -0.1) is 0 Å². The van der Waals surface area contributed by atoms with Crippen molar-refractivity contribution < 1.29 is 14.3 Å². The molecule has 0 bridgehead atoms. The monoisotopic (exact) mass is 287 g/mol. The molecular formula is C17H21NO3. The molecule has 1 aromatic rings. The minimum Gasteiger partial charge on any atom is -0.469 e. The maximum absolute atomic E-state index is 12.5. The smallest absolute Gasteiger partial charge is 0.308 e. The van der Waals surface area contributed by atoms with Gasteiger partial charge in [-0.05, 0) is 30.7 Å². The predicted molar refractivity (Wildman–Crippen MR) is 78.6 cm³/mol. The van der Waals surface area contributed by atoms with Crippen LogP contribution >= 0.6 is 0 Å². The second-order valence-electron chi connectivity index (χ2n) is 5.98. The Morgan fingerprint density at radius 2 is 1.81 bits per heavy atom. The van der Waals surface area contributed by atoms with E-state index in [1.165, 1.54) is 12.7 Å². The van der Waals surface area contributed by atoms with E-state index in [9.17, 15) is 9.59 Å². The highest BCUT2D eigenvalue weighted by molar-refractivity contribution is 5.83. The first kappa shape index (κ1) is 14.1. The Morgan fingerprint density at radius 3 is 2.43 bits per heavy atom. The number of carbonyl (C=O) groups is 2. The highest BCUT2D eigenvalue weighted by Crippen LogP contribution is 2.48. The summed E-state index contributed by atoms with van der Waals surface area (Å²) in [5.41, 5.74) is 1.26. The molecule has 2 aliphatic rings. The fourth-order valence-corrected chi connectivity index (χ4v) is 3.27. The van der Waals surface area contributed by atoms with Gasteiger partial charge in [0.15, 0.2) is 0 Å². The minimum absolute atomic E-state index is 0.0387. The van der Waals surface area contributed by atoms with Gasteiger partial charge in [-0.2, -0.15) is 0 Å². The number of amides is 1. The summed E-state index contributed by atoms with van der Waals surface area (Å²) in [6, 6.07) is 10.2. The Bertz CT molecular complexity index is 520. The van der Waals surface area contributed by atoms with E-state index in [-0.39, 0.29) is 23.7 Å². The van der Waals surface area contributed by atoms with Crippen molar-refractivity contribution in [2.24, 2.45) is 11.8 Å². The Balaban J connectivity index is 1.53. The predicted octanol–water partition coefficient (Wildman–Crippen LogP) is 2.20. The third-order valence-corrected chi connectivity index (χ3v) is 4.68. The van der Waals surface area contributed by atoms with Crippen LogP contribution in [0.15, 0.2) is 30.3 Å². The van der Waals surface area contributed by atoms with Crippen LogP contribution in [0.25, 0.3) is 0 Å². The van der Waals surface area contributed by atoms with Gasteiger partial charge < -0.3 is 9.64 Å². The maximum atomic E-state index is 12.5. The van der Waals surface area contributed by atoms with Crippen molar-refractivity contribution >= 4 is 11.9 Å². The molecule has 1 saturated carbocycles. The fraction of sp³-hybridized carbons (Fsp3) is 0.529. The van der Waals surface area contributed by atoms with Gasteiger partial charge in [0.05, 0.1) is 13.0 Å². The molecule has 2 fully saturated rings. The lowest BCUT2D eigenvalue weighted by Gasteiger charge is -2.31. The second-order valence-corrected chi connectivity index (χ2v) is 5.98. The Labute approximate surface area is 125 Å². The van der Waals surface area contributed by atoms with Crippen LogP contribution in [0.4, 0.5) is 0 Å². The van der Waals surface area contributed by atoms with Gasteiger partial charge in [-0.3, -0.25) is 9.59 Å². The molecule has 1 saturated heterocycles. The van der Waals surface area contributed by atoms with E-state index >= 15 is 0 Å². The van der Waals surface area contributed by atoms with Crippen LogP contribution in [0.2, 0.25) is 0 Å². The lowest BCUT2D eigenvalue weighted by molar-refractivity contribution is -0.149. The number of esters is 1. The Hall–Kier alpha value is -1.84. The summed E-state index contributed by atoms with van der Waals surface area (Å²) < 4.78 is 4.78. The van der Waals surface area contributed by atoms with Crippen molar-refractivity contribution in [3.05, 3.63) is 35.9 Å². The first-order valence-electron chi connectivity index (χ1n) is 7.62. The summed E-state index contributed by atoms with van der Waals surface area (Å²) in [5, 5.41) is 0. The van der Waals surface area contributed by atoms with Gasteiger partial charge in [0, 0.05) is 19.0 Å². The third-order valence-electron chi connectivity index (χ3n) is 4.68. The van der Waals surface area contributed by atoms with E-state index < -0.39 is 0 Å². The van der Waals surface area contributed by atoms with Crippen LogP contribution in [0.3, 0.4) is 0 Å². The topological polar surface area (TPSA) is 46.6 Å². The summed E-state index contributed by atoms with van der Waals surface area (Å²) in [7, 11) is 1.43. The molecular weight excluding hydrogens is 266 g/mol. The number of hydrogen-bond acceptors (Lipinski definition) is 3. The molecule has 1 aromatic carbocycles. The number of rotatable bonds is 3. The van der Waals surface area contributed by atoms with Crippen molar-refractivity contribution in [3.63, 3.8) is 0 Å². The van der Waals surface area contributed by atoms with Crippen molar-refractivity contribution in [1.29, 1.82) is 0 Å². The number of benzene rings is 1. The van der Waals surface area contributed by atoms with Crippen LogP contribution < -0.4 is 0 Å². The second kappa shape index (κ2) is 5.88. The average Bonchev–Trinajstić information content (AvgIpc) is 3.35. The molecule has 21 heavy (non-hydrogen) atoms. The zero-order valence-corrected chi connectivity index (χ0v) is 12.3. The van der Waals surface area contributed by atoms with Gasteiger partial charge in [0.1, 0.15) is 0 Å². The first-order valence-corrected chi connectivity index (χ1v) is 7.62. The van der Waals surface area contributed by atoms with Crippen LogP contribution in [0, 0.1) is 11.8 Å². The summed E-state index contributed by atoms with van der Waals surface area (Å²) in [4.78, 5) is 25.9. The average molecular weight is 287 g/mol. The normalized spacial score (nSPS) is 25.5. The van der Waals surface area contributed by atoms with Gasteiger partial charge in [-0.1, -0.05) is 30.3 Å². The first-order chi connectivity index (χ1) is 10.2. The molecule has 1 aliphatic heterocycles. The molecule has 0 spiro atoms. The van der Waals surface area contributed by atoms with E-state index in [0.29, 0.717) is 19.0 Å². The molecule has 3 rings (SSSR count). The molecule has 112 valence electrons. The summed E-state index contributed by atoms with van der Waals surface area (Å²) in [5.74, 6) is 0.602. The Kier molecular flexibility index (Phi) is 3.95. The van der Waals surface area contributed by atoms with Gasteiger partial charge >= 0.3 is 5.97 Å². The highest BCUT2D eigenvalue weighted by Gasteiger charge is 2.46. The van der Waals surface area contributed by atoms with Crippen molar-refractivity contribution in [3.8, 4) is 0 Å². The van der Waals surface area contributed by atoms with Gasteiger partial charge in [-0.25, -0.2) is 0 Å². The SMILES string of the molecule is COC(=O)C1CCN(C(=O)C2CC2c2ccccc2)CC1. The molecule has 1 heterocycles. The van der Waals surface area contributed by atoms with E-state index in [1.807, 2.05) is 23.1 Å². The molecule has 2 atom stereocenters. The number of methoxy groups -OCH3 is 1. The number of likely N-dealkylation sites (tertiary alicyclic amines) is 1. The Morgan fingerprint density at radius 1 is 1.14 bits per heavy atom. The van der Waals surface area contributed by atoms with Crippen molar-refractivity contribution in [2.45, 2.75) is 25.2 Å². The zero-order chi connectivity index (χ0) is 14.8. The van der Waals surface area contributed by atoms with Crippen LogP contribution in [-0.4, -0.2) is 37.0 Å². The molecule has 0 aromatic heterocycles. The van der Waals surface area contributed by atoms with E-state index in [1.54, 1.807) is 0 Å². The quantitative estimate of drug-likeness (QED) is 0.801. The molecule has 4 heteroatoms. The highest BCUT2D eigenvalue weighted by atomic mass is 16.5. The van der Waals surface area contributed by atoms with E-state index in [0.717, 1.165) is 19.3 Å². The molecule has 0 radical (unpaired) electrons. The summed E-state index contributed by atoms with van der Waals surface area (Å²) in [6.45, 7) is 1.35. The largest absolute Gasteiger partial charge is 0.469 e. The molecule has 1 amide bonds. The van der Waals surface area contributed by atoms with Crippen LogP contribution in [0.1, 0.15) is 30.7 Å². The zero-order valence-electron chi connectivity index (χ0n) is 12.3. The van der Waals surface area contributed by atoms with Gasteiger partial charge in [0.2, 0.25) is 5.91 Å². The molecule has 0 N–H and O–H groups in total. The lowest BCUT2D eigenvalue weighted by Crippen LogP contribution is -2.41. The third kappa shape index (κ3) is 2.94. The van der Waals surface area contributed by atoms with Gasteiger partial charge in [0.25, 0.3) is 0 Å². The van der Waals surface area contributed by atoms with Crippen molar-refractivity contribution in [2.75, 3.05) is 20.2 Å². The number of nitrogens with zero attached hydrogens (tertiary/aromatic N) is 1. The minimum atomic E-state index is -0.143.